The van der Waals surface area contributed by atoms with Gasteiger partial charge in [-0.1, -0.05) is 135 Å². The molecule has 2 aromatic heterocycles. The molecule has 0 atom stereocenters. The van der Waals surface area contributed by atoms with Crippen LogP contribution < -0.4 is 0 Å². The molecule has 0 aliphatic heterocycles. The molecule has 0 N–H and O–H groups in total. The van der Waals surface area contributed by atoms with Crippen LogP contribution in [0.1, 0.15) is 25.0 Å². The molecule has 0 fully saturated rings. The van der Waals surface area contributed by atoms with Crippen molar-refractivity contribution in [1.29, 1.82) is 0 Å². The van der Waals surface area contributed by atoms with E-state index < -0.39 is 0 Å². The van der Waals surface area contributed by atoms with Gasteiger partial charge in [-0.05, 0) is 51.6 Å². The van der Waals surface area contributed by atoms with Crippen LogP contribution in [0.25, 0.3) is 78.4 Å². The van der Waals surface area contributed by atoms with E-state index in [-0.39, 0.29) is 5.41 Å². The van der Waals surface area contributed by atoms with Crippen molar-refractivity contribution in [1.82, 2.24) is 15.0 Å². The van der Waals surface area contributed by atoms with Crippen LogP contribution in [-0.4, -0.2) is 15.0 Å². The fourth-order valence-corrected chi connectivity index (χ4v) is 7.07. The predicted molar refractivity (Wildman–Crippen MR) is 186 cm³/mol. The number of rotatable bonds is 4. The summed E-state index contributed by atoms with van der Waals surface area (Å²) in [6.45, 7) is 4.65. The highest BCUT2D eigenvalue weighted by Gasteiger charge is 2.38. The summed E-state index contributed by atoms with van der Waals surface area (Å²) in [5.74, 6) is 1.97. The third-order valence-electron chi connectivity index (χ3n) is 9.32. The standard InChI is InChI=1S/C42H29N3O/c1-42(2)35-25-37-34(31-16-9-10-19-36(31)46-37)24-33(35)32-18-11-17-30(38(32)42)26-20-22-29(23-21-26)41-44-39(27-12-5-3-6-13-27)43-40(45-41)28-14-7-4-8-15-28/h3-25H,1-2H3. The molecule has 4 heteroatoms. The molecule has 218 valence electrons. The molecule has 0 unspecified atom stereocenters. The Labute approximate surface area is 267 Å². The Morgan fingerprint density at radius 1 is 0.435 bits per heavy atom. The van der Waals surface area contributed by atoms with E-state index in [2.05, 4.69) is 80.6 Å². The highest BCUT2D eigenvalue weighted by atomic mass is 16.3. The van der Waals surface area contributed by atoms with E-state index >= 15 is 0 Å². The van der Waals surface area contributed by atoms with Crippen molar-refractivity contribution < 1.29 is 4.42 Å². The first kappa shape index (κ1) is 26.5. The summed E-state index contributed by atoms with van der Waals surface area (Å²) in [6.07, 6.45) is 0. The van der Waals surface area contributed by atoms with Crippen LogP contribution >= 0.6 is 0 Å². The molecule has 0 spiro atoms. The van der Waals surface area contributed by atoms with Crippen LogP contribution in [0.3, 0.4) is 0 Å². The van der Waals surface area contributed by atoms with Crippen molar-refractivity contribution in [3.63, 3.8) is 0 Å². The molecular formula is C42H29N3O. The minimum Gasteiger partial charge on any atom is -0.456 e. The highest BCUT2D eigenvalue weighted by molar-refractivity contribution is 6.08. The zero-order chi connectivity index (χ0) is 30.8. The first-order valence-corrected chi connectivity index (χ1v) is 15.6. The molecule has 4 nitrogen and oxygen atoms in total. The summed E-state index contributed by atoms with van der Waals surface area (Å²) in [6, 6.07) is 48.4. The van der Waals surface area contributed by atoms with E-state index in [1.165, 1.54) is 27.8 Å². The Morgan fingerprint density at radius 3 is 1.63 bits per heavy atom. The Bertz CT molecular complexity index is 2370. The van der Waals surface area contributed by atoms with E-state index in [0.29, 0.717) is 17.5 Å². The summed E-state index contributed by atoms with van der Waals surface area (Å²) in [7, 11) is 0. The summed E-state index contributed by atoms with van der Waals surface area (Å²) in [4.78, 5) is 14.7. The fourth-order valence-electron chi connectivity index (χ4n) is 7.07. The molecule has 9 rings (SSSR count). The maximum Gasteiger partial charge on any atom is 0.164 e. The van der Waals surface area contributed by atoms with Crippen LogP contribution in [0.4, 0.5) is 0 Å². The van der Waals surface area contributed by atoms with Crippen LogP contribution in [0.15, 0.2) is 144 Å². The lowest BCUT2D eigenvalue weighted by Crippen LogP contribution is -2.16. The average molecular weight is 592 g/mol. The monoisotopic (exact) mass is 591 g/mol. The van der Waals surface area contributed by atoms with Crippen molar-refractivity contribution in [3.8, 4) is 56.4 Å². The van der Waals surface area contributed by atoms with Crippen molar-refractivity contribution in [2.75, 3.05) is 0 Å². The molecule has 0 radical (unpaired) electrons. The summed E-state index contributed by atoms with van der Waals surface area (Å²) >= 11 is 0. The number of hydrogen-bond acceptors (Lipinski definition) is 4. The lowest BCUT2D eigenvalue weighted by Gasteiger charge is -2.24. The van der Waals surface area contributed by atoms with Gasteiger partial charge in [0, 0.05) is 32.9 Å². The Balaban J connectivity index is 1.15. The Hall–Kier alpha value is -5.87. The van der Waals surface area contributed by atoms with Crippen LogP contribution in [0.2, 0.25) is 0 Å². The number of furan rings is 1. The lowest BCUT2D eigenvalue weighted by atomic mass is 9.78. The van der Waals surface area contributed by atoms with Gasteiger partial charge in [-0.2, -0.15) is 0 Å². The molecule has 1 aliphatic rings. The summed E-state index contributed by atoms with van der Waals surface area (Å²) in [5.41, 5.74) is 12.1. The molecule has 46 heavy (non-hydrogen) atoms. The third-order valence-corrected chi connectivity index (χ3v) is 9.32. The van der Waals surface area contributed by atoms with Gasteiger partial charge in [-0.25, -0.2) is 15.0 Å². The van der Waals surface area contributed by atoms with Gasteiger partial charge in [-0.3, -0.25) is 0 Å². The first-order chi connectivity index (χ1) is 22.5. The van der Waals surface area contributed by atoms with E-state index in [9.17, 15) is 0 Å². The molecule has 0 amide bonds. The average Bonchev–Trinajstić information content (AvgIpc) is 3.59. The SMILES string of the molecule is CC1(C)c2cc3oc4ccccc4c3cc2-c2cccc(-c3ccc(-c4nc(-c5ccccc5)nc(-c5ccccc5)n4)cc3)c21. The van der Waals surface area contributed by atoms with Crippen LogP contribution in [-0.2, 0) is 5.41 Å². The highest BCUT2D eigenvalue weighted by Crippen LogP contribution is 2.53. The minimum absolute atomic E-state index is 0.198. The normalized spacial score (nSPS) is 13.2. The number of aromatic nitrogens is 3. The number of hydrogen-bond donors (Lipinski definition) is 0. The summed E-state index contributed by atoms with van der Waals surface area (Å²) < 4.78 is 6.30. The molecule has 0 saturated carbocycles. The van der Waals surface area contributed by atoms with Gasteiger partial charge in [0.2, 0.25) is 0 Å². The van der Waals surface area contributed by atoms with E-state index in [1.54, 1.807) is 0 Å². The molecule has 1 aliphatic carbocycles. The van der Waals surface area contributed by atoms with Crippen molar-refractivity contribution in [2.24, 2.45) is 0 Å². The van der Waals surface area contributed by atoms with E-state index in [4.69, 9.17) is 19.4 Å². The Kier molecular flexibility index (Phi) is 5.81. The van der Waals surface area contributed by atoms with Crippen molar-refractivity contribution in [2.45, 2.75) is 19.3 Å². The van der Waals surface area contributed by atoms with Gasteiger partial charge in [-0.15, -0.1) is 0 Å². The Morgan fingerprint density at radius 2 is 0.978 bits per heavy atom. The molecule has 2 heterocycles. The second-order valence-corrected chi connectivity index (χ2v) is 12.5. The lowest BCUT2D eigenvalue weighted by molar-refractivity contribution is 0.648. The van der Waals surface area contributed by atoms with Crippen molar-refractivity contribution >= 4 is 21.9 Å². The minimum atomic E-state index is -0.198. The van der Waals surface area contributed by atoms with E-state index in [1.807, 2.05) is 72.8 Å². The maximum absolute atomic E-state index is 6.30. The molecule has 0 saturated heterocycles. The zero-order valence-electron chi connectivity index (χ0n) is 25.5. The predicted octanol–water partition coefficient (Wildman–Crippen LogP) is 10.7. The van der Waals surface area contributed by atoms with Gasteiger partial charge in [0.15, 0.2) is 17.5 Å². The van der Waals surface area contributed by atoms with Gasteiger partial charge in [0.1, 0.15) is 11.2 Å². The third kappa shape index (κ3) is 4.11. The second kappa shape index (κ2) is 10.1. The van der Waals surface area contributed by atoms with Gasteiger partial charge in [0.25, 0.3) is 0 Å². The second-order valence-electron chi connectivity index (χ2n) is 12.5. The van der Waals surface area contributed by atoms with Gasteiger partial charge >= 0.3 is 0 Å². The zero-order valence-corrected chi connectivity index (χ0v) is 25.5. The summed E-state index contributed by atoms with van der Waals surface area (Å²) in [5, 5.41) is 2.32. The fraction of sp³-hybridized carbons (Fsp3) is 0.0714. The molecule has 0 bridgehead atoms. The maximum atomic E-state index is 6.30. The van der Waals surface area contributed by atoms with Crippen LogP contribution in [0, 0.1) is 0 Å². The molecule has 8 aromatic rings. The largest absolute Gasteiger partial charge is 0.456 e. The van der Waals surface area contributed by atoms with E-state index in [0.717, 1.165) is 44.2 Å². The quantitative estimate of drug-likeness (QED) is 0.204. The topological polar surface area (TPSA) is 51.8 Å². The first-order valence-electron chi connectivity index (χ1n) is 15.6. The van der Waals surface area contributed by atoms with Gasteiger partial charge < -0.3 is 4.42 Å². The number of benzene rings is 6. The number of para-hydroxylation sites is 1. The molecule has 6 aromatic carbocycles. The van der Waals surface area contributed by atoms with Gasteiger partial charge in [0.05, 0.1) is 0 Å². The van der Waals surface area contributed by atoms with Crippen molar-refractivity contribution in [3.05, 3.63) is 151 Å². The van der Waals surface area contributed by atoms with Crippen LogP contribution in [0.5, 0.6) is 0 Å². The number of fused-ring (bicyclic) bond motifs is 6. The number of nitrogens with zero attached hydrogens (tertiary/aromatic N) is 3. The smallest absolute Gasteiger partial charge is 0.164 e. The molecular weight excluding hydrogens is 562 g/mol.